The molecule has 1 aromatic heterocycles. The van der Waals surface area contributed by atoms with Crippen molar-refractivity contribution in [1.29, 1.82) is 0 Å². The summed E-state index contributed by atoms with van der Waals surface area (Å²) in [6, 6.07) is 2.01. The van der Waals surface area contributed by atoms with Gasteiger partial charge in [0.05, 0.1) is 0 Å². The minimum atomic E-state index is -1.11. The van der Waals surface area contributed by atoms with E-state index < -0.39 is 17.8 Å². The number of carboxylic acids is 1. The minimum absolute atomic E-state index is 0.218. The molecule has 1 amide bonds. The van der Waals surface area contributed by atoms with Crippen molar-refractivity contribution in [1.82, 2.24) is 5.32 Å². The van der Waals surface area contributed by atoms with Crippen LogP contribution in [-0.4, -0.2) is 23.5 Å². The number of nitrogens with one attached hydrogen (secondary N) is 1. The van der Waals surface area contributed by atoms with E-state index in [1.165, 1.54) is 6.92 Å². The molecule has 2 N–H and O–H groups in total. The number of rotatable bonds is 5. The number of hydrogen-bond acceptors (Lipinski definition) is 3. The Kier molecular flexibility index (Phi) is 4.92. The maximum absolute atomic E-state index is 11.6. The van der Waals surface area contributed by atoms with E-state index in [-0.39, 0.29) is 5.41 Å². The van der Waals surface area contributed by atoms with Gasteiger partial charge < -0.3 is 10.4 Å². The number of amides is 1. The Morgan fingerprint density at radius 2 is 2.17 bits per heavy atom. The highest BCUT2D eigenvalue weighted by molar-refractivity contribution is 9.10. The third-order valence-corrected chi connectivity index (χ3v) is 4.76. The van der Waals surface area contributed by atoms with Gasteiger partial charge in [0.15, 0.2) is 0 Å². The number of halogens is 1. The van der Waals surface area contributed by atoms with E-state index in [1.54, 1.807) is 11.3 Å². The molecule has 1 heterocycles. The van der Waals surface area contributed by atoms with Crippen molar-refractivity contribution in [2.75, 3.05) is 6.54 Å². The fourth-order valence-corrected chi connectivity index (χ4v) is 2.88. The summed E-state index contributed by atoms with van der Waals surface area (Å²) in [7, 11) is 0. The van der Waals surface area contributed by atoms with E-state index in [9.17, 15) is 9.59 Å². The van der Waals surface area contributed by atoms with Gasteiger partial charge in [0.2, 0.25) is 5.91 Å². The lowest BCUT2D eigenvalue weighted by molar-refractivity contribution is -0.146. The first-order valence-corrected chi connectivity index (χ1v) is 7.16. The zero-order valence-corrected chi connectivity index (χ0v) is 12.9. The number of thiophene rings is 1. The van der Waals surface area contributed by atoms with Crippen LogP contribution in [0.5, 0.6) is 0 Å². The standard InChI is InChI=1S/C12H16BrNO3S/c1-7(11(16)17)10(15)14-6-12(2,3)9-4-8(13)5-18-9/h4-5,7H,6H2,1-3H3,(H,14,15)(H,16,17). The van der Waals surface area contributed by atoms with E-state index in [4.69, 9.17) is 5.11 Å². The summed E-state index contributed by atoms with van der Waals surface area (Å²) in [6.45, 7) is 5.82. The molecule has 1 atom stereocenters. The van der Waals surface area contributed by atoms with Crippen molar-refractivity contribution in [2.24, 2.45) is 5.92 Å². The molecular weight excluding hydrogens is 318 g/mol. The lowest BCUT2D eigenvalue weighted by Crippen LogP contribution is -2.40. The van der Waals surface area contributed by atoms with Crippen LogP contribution >= 0.6 is 27.3 Å². The number of carboxylic acid groups (broad SMARTS) is 1. The molecule has 0 spiro atoms. The molecule has 0 bridgehead atoms. The van der Waals surface area contributed by atoms with Gasteiger partial charge in [-0.3, -0.25) is 9.59 Å². The monoisotopic (exact) mass is 333 g/mol. The Morgan fingerprint density at radius 1 is 1.56 bits per heavy atom. The molecule has 0 aliphatic carbocycles. The second-order valence-electron chi connectivity index (χ2n) is 4.79. The van der Waals surface area contributed by atoms with Gasteiger partial charge in [0, 0.05) is 26.7 Å². The topological polar surface area (TPSA) is 66.4 Å². The van der Waals surface area contributed by atoms with Gasteiger partial charge in [-0.1, -0.05) is 13.8 Å². The van der Waals surface area contributed by atoms with Gasteiger partial charge in [-0.25, -0.2) is 0 Å². The number of carbonyl (C=O) groups excluding carboxylic acids is 1. The molecule has 18 heavy (non-hydrogen) atoms. The predicted molar refractivity (Wildman–Crippen MR) is 74.9 cm³/mol. The summed E-state index contributed by atoms with van der Waals surface area (Å²) < 4.78 is 1.01. The smallest absolute Gasteiger partial charge is 0.315 e. The Bertz CT molecular complexity index is 456. The highest BCUT2D eigenvalue weighted by Crippen LogP contribution is 2.31. The van der Waals surface area contributed by atoms with Crippen LogP contribution in [0, 0.1) is 5.92 Å². The molecule has 4 nitrogen and oxygen atoms in total. The van der Waals surface area contributed by atoms with E-state index in [0.717, 1.165) is 9.35 Å². The molecule has 0 saturated carbocycles. The van der Waals surface area contributed by atoms with Crippen molar-refractivity contribution in [3.8, 4) is 0 Å². The van der Waals surface area contributed by atoms with Gasteiger partial charge in [-0.2, -0.15) is 0 Å². The van der Waals surface area contributed by atoms with E-state index >= 15 is 0 Å². The van der Waals surface area contributed by atoms with Gasteiger partial charge in [-0.05, 0) is 28.9 Å². The van der Waals surface area contributed by atoms with E-state index in [1.807, 2.05) is 25.3 Å². The average Bonchev–Trinajstić information content (AvgIpc) is 2.72. The summed E-state index contributed by atoms with van der Waals surface area (Å²) in [6.07, 6.45) is 0. The lowest BCUT2D eigenvalue weighted by Gasteiger charge is -2.24. The highest BCUT2D eigenvalue weighted by atomic mass is 79.9. The summed E-state index contributed by atoms with van der Waals surface area (Å²) in [5.74, 6) is -2.58. The molecule has 1 rings (SSSR count). The molecule has 1 aromatic rings. The molecule has 0 fully saturated rings. The Morgan fingerprint density at radius 3 is 2.61 bits per heavy atom. The largest absolute Gasteiger partial charge is 0.481 e. The zero-order chi connectivity index (χ0) is 13.9. The fraction of sp³-hybridized carbons (Fsp3) is 0.500. The molecule has 100 valence electrons. The Hall–Kier alpha value is -0.880. The molecule has 1 unspecified atom stereocenters. The SMILES string of the molecule is CC(C(=O)O)C(=O)NCC(C)(C)c1cc(Br)cs1. The normalized spacial score (nSPS) is 13.1. The fourth-order valence-electron chi connectivity index (χ4n) is 1.33. The van der Waals surface area contributed by atoms with Crippen molar-refractivity contribution in [3.05, 3.63) is 20.8 Å². The molecule has 0 saturated heterocycles. The molecule has 0 radical (unpaired) electrons. The molecule has 0 aromatic carbocycles. The second kappa shape index (κ2) is 5.84. The van der Waals surface area contributed by atoms with E-state index in [0.29, 0.717) is 6.54 Å². The molecular formula is C12H16BrNO3S. The van der Waals surface area contributed by atoms with Gasteiger partial charge >= 0.3 is 5.97 Å². The van der Waals surface area contributed by atoms with Crippen LogP contribution in [0.2, 0.25) is 0 Å². The summed E-state index contributed by atoms with van der Waals surface area (Å²) in [5, 5.41) is 13.4. The van der Waals surface area contributed by atoms with Crippen molar-refractivity contribution in [3.63, 3.8) is 0 Å². The third kappa shape index (κ3) is 3.81. The van der Waals surface area contributed by atoms with Crippen LogP contribution in [0.25, 0.3) is 0 Å². The van der Waals surface area contributed by atoms with E-state index in [2.05, 4.69) is 21.2 Å². The van der Waals surface area contributed by atoms with Gasteiger partial charge in [0.1, 0.15) is 5.92 Å². The van der Waals surface area contributed by atoms with Crippen LogP contribution in [0.15, 0.2) is 15.9 Å². The molecule has 0 aliphatic heterocycles. The summed E-state index contributed by atoms with van der Waals surface area (Å²) in [4.78, 5) is 23.4. The zero-order valence-electron chi connectivity index (χ0n) is 10.5. The Labute approximate surface area is 119 Å². The molecule has 0 aliphatic rings. The maximum Gasteiger partial charge on any atom is 0.315 e. The first kappa shape index (κ1) is 15.2. The van der Waals surface area contributed by atoms with Crippen molar-refractivity contribution in [2.45, 2.75) is 26.2 Å². The maximum atomic E-state index is 11.6. The van der Waals surface area contributed by atoms with Crippen LogP contribution in [0.3, 0.4) is 0 Å². The van der Waals surface area contributed by atoms with Gasteiger partial charge in [-0.15, -0.1) is 11.3 Å². The van der Waals surface area contributed by atoms with Crippen molar-refractivity contribution >= 4 is 39.1 Å². The lowest BCUT2D eigenvalue weighted by atomic mass is 9.91. The first-order chi connectivity index (χ1) is 8.24. The van der Waals surface area contributed by atoms with Crippen LogP contribution < -0.4 is 5.32 Å². The van der Waals surface area contributed by atoms with Crippen LogP contribution in [-0.2, 0) is 15.0 Å². The summed E-state index contributed by atoms with van der Waals surface area (Å²) in [5.41, 5.74) is -0.218. The number of hydrogen-bond donors (Lipinski definition) is 2. The number of carbonyl (C=O) groups is 2. The molecule has 6 heteroatoms. The van der Waals surface area contributed by atoms with Crippen molar-refractivity contribution < 1.29 is 14.7 Å². The number of aliphatic carboxylic acids is 1. The first-order valence-electron chi connectivity index (χ1n) is 5.49. The predicted octanol–water partition coefficient (Wildman–Crippen LogP) is 2.63. The second-order valence-corrected chi connectivity index (χ2v) is 6.62. The van der Waals surface area contributed by atoms with Gasteiger partial charge in [0.25, 0.3) is 0 Å². The quantitative estimate of drug-likeness (QED) is 0.814. The average molecular weight is 334 g/mol. The third-order valence-electron chi connectivity index (χ3n) is 2.70. The highest BCUT2D eigenvalue weighted by Gasteiger charge is 2.26. The summed E-state index contributed by atoms with van der Waals surface area (Å²) >= 11 is 5.00. The minimum Gasteiger partial charge on any atom is -0.481 e. The Balaban J connectivity index is 2.62. The van der Waals surface area contributed by atoms with Crippen LogP contribution in [0.1, 0.15) is 25.6 Å². The van der Waals surface area contributed by atoms with Crippen LogP contribution in [0.4, 0.5) is 0 Å².